The van der Waals surface area contributed by atoms with E-state index in [1.807, 2.05) is 49.4 Å². The van der Waals surface area contributed by atoms with Gasteiger partial charge in [0, 0.05) is 18.2 Å². The van der Waals surface area contributed by atoms with Crippen molar-refractivity contribution in [3.8, 4) is 11.8 Å². The van der Waals surface area contributed by atoms with Crippen LogP contribution in [0.25, 0.3) is 5.32 Å². The molecule has 0 bridgehead atoms. The third kappa shape index (κ3) is 6.40. The summed E-state index contributed by atoms with van der Waals surface area (Å²) in [6.07, 6.45) is 5.83. The molecule has 1 heterocycles. The molecule has 1 aromatic rings. The molecule has 0 radical (unpaired) electrons. The summed E-state index contributed by atoms with van der Waals surface area (Å²) in [5.74, 6) is 6.35. The number of hydrogen-bond acceptors (Lipinski definition) is 2. The van der Waals surface area contributed by atoms with E-state index in [-0.39, 0.29) is 21.1 Å². The van der Waals surface area contributed by atoms with Crippen LogP contribution in [0.15, 0.2) is 60.2 Å². The van der Waals surface area contributed by atoms with Gasteiger partial charge in [0.25, 0.3) is 0 Å². The van der Waals surface area contributed by atoms with Crippen LogP contribution in [0.1, 0.15) is 12.5 Å². The van der Waals surface area contributed by atoms with Crippen LogP contribution in [-0.4, -0.2) is 13.7 Å². The Morgan fingerprint density at radius 1 is 1.33 bits per heavy atom. The molecular weight excluding hydrogens is 450 g/mol. The van der Waals surface area contributed by atoms with E-state index in [1.54, 1.807) is 0 Å². The summed E-state index contributed by atoms with van der Waals surface area (Å²) in [5.41, 5.74) is 4.02. The Balaban J connectivity index is 0.000000922. The van der Waals surface area contributed by atoms with Crippen molar-refractivity contribution in [3.05, 3.63) is 71.1 Å². The van der Waals surface area contributed by atoms with Crippen molar-refractivity contribution < 1.29 is 25.2 Å². The molecule has 0 fully saturated rings. The zero-order valence-electron chi connectivity index (χ0n) is 12.1. The second-order valence-corrected chi connectivity index (χ2v) is 4.23. The molecule has 1 aliphatic rings. The molecule has 0 unspecified atom stereocenters. The predicted molar refractivity (Wildman–Crippen MR) is 87.6 cm³/mol. The van der Waals surface area contributed by atoms with E-state index in [0.717, 1.165) is 22.4 Å². The van der Waals surface area contributed by atoms with Crippen molar-refractivity contribution in [1.29, 1.82) is 0 Å². The molecule has 4 heteroatoms. The van der Waals surface area contributed by atoms with Crippen molar-refractivity contribution in [3.63, 3.8) is 0 Å². The molecule has 0 aliphatic carbocycles. The summed E-state index contributed by atoms with van der Waals surface area (Å²) < 4.78 is 3.83. The van der Waals surface area contributed by atoms with Crippen LogP contribution < -0.4 is 0 Å². The first-order valence-corrected chi connectivity index (χ1v) is 6.53. The van der Waals surface area contributed by atoms with Crippen LogP contribution in [0.2, 0.25) is 0 Å². The standard InChI is InChI=1S/C16H14N.CH4OS.W/c1-3-7-14-10-11-15-8-5-6-9-16(15)17-12-13(14)4-2;1-2-3;/h3-9H,2,12H2,1H3;3H,1H3;/q-1;;+2/p-1/b7-3-,14-13-;;. The Labute approximate surface area is 147 Å². The van der Waals surface area contributed by atoms with E-state index >= 15 is 0 Å². The largest absolute Gasteiger partial charge is 2.00 e. The second kappa shape index (κ2) is 11.5. The fraction of sp³-hybridized carbons (Fsp3) is 0.176. The Kier molecular flexibility index (Phi) is 10.8. The zero-order valence-corrected chi connectivity index (χ0v) is 15.9. The van der Waals surface area contributed by atoms with Crippen molar-refractivity contribution in [2.24, 2.45) is 0 Å². The summed E-state index contributed by atoms with van der Waals surface area (Å²) in [4.78, 5) is 0. The van der Waals surface area contributed by atoms with Gasteiger partial charge in [-0.1, -0.05) is 60.4 Å². The monoisotopic (exact) mass is 467 g/mol. The first kappa shape index (κ1) is 19.8. The number of hydrogen-bond donors (Lipinski definition) is 0. The summed E-state index contributed by atoms with van der Waals surface area (Å²) >= 11 is 3.89. The molecular formula is C17H17NOSW. The molecule has 0 saturated heterocycles. The third-order valence-electron chi connectivity index (χ3n) is 2.58. The Hall–Kier alpha value is -1.20. The summed E-state index contributed by atoms with van der Waals surface area (Å²) in [6.45, 7) is 6.44. The minimum atomic E-state index is 0. The maximum atomic E-state index is 4.57. The van der Waals surface area contributed by atoms with Crippen LogP contribution >= 0.6 is 0 Å². The molecule has 0 amide bonds. The van der Waals surface area contributed by atoms with Crippen LogP contribution in [0.4, 0.5) is 5.69 Å². The second-order valence-electron chi connectivity index (χ2n) is 3.89. The minimum Gasteiger partial charge on any atom is -0.680 e. The average Bonchev–Trinajstić information content (AvgIpc) is 2.44. The number of para-hydroxylation sites is 1. The molecule has 21 heavy (non-hydrogen) atoms. The molecule has 0 aromatic heterocycles. The quantitative estimate of drug-likeness (QED) is 0.481. The maximum Gasteiger partial charge on any atom is 2.00 e. The number of benzene rings is 1. The summed E-state index contributed by atoms with van der Waals surface area (Å²) in [7, 11) is 1.44. The van der Waals surface area contributed by atoms with Crippen molar-refractivity contribution >= 4 is 18.6 Å². The van der Waals surface area contributed by atoms with Gasteiger partial charge in [-0.05, 0) is 13.0 Å². The van der Waals surface area contributed by atoms with Crippen molar-refractivity contribution in [2.75, 3.05) is 13.7 Å². The smallest absolute Gasteiger partial charge is 0.680 e. The summed E-state index contributed by atoms with van der Waals surface area (Å²) in [6, 6.07) is 7.96. The van der Waals surface area contributed by atoms with E-state index in [0.29, 0.717) is 6.54 Å². The predicted octanol–water partition coefficient (Wildman–Crippen LogP) is 4.21. The molecule has 0 atom stereocenters. The Morgan fingerprint density at radius 2 is 2.00 bits per heavy atom. The fourth-order valence-electron chi connectivity index (χ4n) is 1.68. The average molecular weight is 467 g/mol. The van der Waals surface area contributed by atoms with Crippen LogP contribution in [0.3, 0.4) is 0 Å². The third-order valence-corrected chi connectivity index (χ3v) is 2.58. The number of nitrogens with zero attached hydrogens (tertiary/aromatic N) is 1. The van der Waals surface area contributed by atoms with Gasteiger partial charge in [-0.2, -0.15) is 0 Å². The van der Waals surface area contributed by atoms with Gasteiger partial charge in [-0.25, -0.2) is 0 Å². The van der Waals surface area contributed by atoms with Crippen LogP contribution in [0, 0.1) is 11.8 Å². The van der Waals surface area contributed by atoms with Gasteiger partial charge in [0.1, 0.15) is 0 Å². The van der Waals surface area contributed by atoms with E-state index in [1.165, 1.54) is 7.11 Å². The molecule has 2 nitrogen and oxygen atoms in total. The van der Waals surface area contributed by atoms with E-state index in [9.17, 15) is 0 Å². The fourth-order valence-corrected chi connectivity index (χ4v) is 1.68. The van der Waals surface area contributed by atoms with Gasteiger partial charge in [0.2, 0.25) is 0 Å². The molecule has 0 N–H and O–H groups in total. The Bertz CT molecular complexity index is 582. The van der Waals surface area contributed by atoms with Gasteiger partial charge in [-0.15, -0.1) is 12.2 Å². The number of rotatable bonds is 2. The van der Waals surface area contributed by atoms with Gasteiger partial charge < -0.3 is 22.4 Å². The molecule has 1 aromatic carbocycles. The Morgan fingerprint density at radius 3 is 2.62 bits per heavy atom. The first-order chi connectivity index (χ1) is 9.76. The van der Waals surface area contributed by atoms with Gasteiger partial charge in [0.05, 0.1) is 0 Å². The van der Waals surface area contributed by atoms with E-state index in [4.69, 9.17) is 0 Å². The minimum absolute atomic E-state index is 0. The molecule has 0 spiro atoms. The van der Waals surface area contributed by atoms with Crippen LogP contribution in [0.5, 0.6) is 0 Å². The summed E-state index contributed by atoms with van der Waals surface area (Å²) in [5, 5.41) is 4.57. The molecule has 108 valence electrons. The molecule has 1 aliphatic heterocycles. The van der Waals surface area contributed by atoms with Crippen molar-refractivity contribution in [2.45, 2.75) is 6.92 Å². The SMILES string of the molecule is C=C/C1=C(\C=C/C)C#Cc2ccccc2[N-]C1.CO[S-].[W+2]. The van der Waals surface area contributed by atoms with Gasteiger partial charge >= 0.3 is 21.1 Å². The van der Waals surface area contributed by atoms with Crippen LogP contribution in [-0.2, 0) is 38.2 Å². The number of allylic oxidation sites excluding steroid dienone is 3. The van der Waals surface area contributed by atoms with E-state index in [2.05, 4.69) is 40.8 Å². The first-order valence-electron chi connectivity index (χ1n) is 6.19. The van der Waals surface area contributed by atoms with E-state index < -0.39 is 0 Å². The topological polar surface area (TPSA) is 23.3 Å². The van der Waals surface area contributed by atoms with Gasteiger partial charge in [0.15, 0.2) is 0 Å². The van der Waals surface area contributed by atoms with Crippen molar-refractivity contribution in [1.82, 2.24) is 0 Å². The van der Waals surface area contributed by atoms with Gasteiger partial charge in [-0.3, -0.25) is 0 Å². The molecule has 0 saturated carbocycles. The normalized spacial score (nSPS) is 15.8. The number of fused-ring (bicyclic) bond motifs is 1. The zero-order chi connectivity index (χ0) is 14.8. The maximum absolute atomic E-state index is 4.57. The molecule has 2 rings (SSSR count).